The molecule has 0 saturated heterocycles. The van der Waals surface area contributed by atoms with Crippen molar-refractivity contribution in [1.29, 1.82) is 0 Å². The van der Waals surface area contributed by atoms with Crippen molar-refractivity contribution in [3.8, 4) is 0 Å². The molecule has 2 aliphatic carbocycles. The van der Waals surface area contributed by atoms with Crippen LogP contribution in [0.4, 0.5) is 0 Å². The molecule has 0 aromatic rings. The lowest BCUT2D eigenvalue weighted by molar-refractivity contribution is -0.0379. The van der Waals surface area contributed by atoms with Crippen molar-refractivity contribution in [2.24, 2.45) is 5.92 Å². The minimum atomic E-state index is -0.390. The van der Waals surface area contributed by atoms with Gasteiger partial charge in [0, 0.05) is 19.2 Å². The van der Waals surface area contributed by atoms with E-state index in [1.54, 1.807) is 0 Å². The molecular weight excluding hydrogens is 254 g/mol. The van der Waals surface area contributed by atoms with Crippen LogP contribution in [0.5, 0.6) is 0 Å². The lowest BCUT2D eigenvalue weighted by Crippen LogP contribution is -2.48. The van der Waals surface area contributed by atoms with Crippen molar-refractivity contribution in [2.75, 3.05) is 19.8 Å². The summed E-state index contributed by atoms with van der Waals surface area (Å²) in [6.45, 7) is 6.22. The molecule has 4 nitrogen and oxygen atoms in total. The van der Waals surface area contributed by atoms with Crippen LogP contribution in [0.2, 0.25) is 0 Å². The zero-order chi connectivity index (χ0) is 14.4. The van der Waals surface area contributed by atoms with Gasteiger partial charge in [0.2, 0.25) is 0 Å². The molecule has 0 heterocycles. The van der Waals surface area contributed by atoms with Crippen LogP contribution in [0.1, 0.15) is 52.4 Å². The minimum absolute atomic E-state index is 0.361. The van der Waals surface area contributed by atoms with Crippen LogP contribution in [-0.2, 0) is 9.47 Å². The van der Waals surface area contributed by atoms with Gasteiger partial charge in [0.05, 0.1) is 24.9 Å². The first-order chi connectivity index (χ1) is 9.67. The predicted octanol–water partition coefficient (Wildman–Crippen LogP) is 2.10. The first-order valence-electron chi connectivity index (χ1n) is 8.32. The molecule has 20 heavy (non-hydrogen) atoms. The topological polar surface area (TPSA) is 50.7 Å². The maximum absolute atomic E-state index is 9.96. The van der Waals surface area contributed by atoms with Gasteiger partial charge in [0.25, 0.3) is 0 Å². The summed E-state index contributed by atoms with van der Waals surface area (Å²) in [5.41, 5.74) is 0. The second kappa shape index (κ2) is 8.32. The predicted molar refractivity (Wildman–Crippen MR) is 79.8 cm³/mol. The lowest BCUT2D eigenvalue weighted by atomic mass is 9.88. The van der Waals surface area contributed by atoms with Crippen molar-refractivity contribution in [2.45, 2.75) is 76.7 Å². The summed E-state index contributed by atoms with van der Waals surface area (Å²) in [6.07, 6.45) is 7.44. The maximum atomic E-state index is 9.96. The Labute approximate surface area is 123 Å². The van der Waals surface area contributed by atoms with Gasteiger partial charge in [-0.05, 0) is 38.5 Å². The van der Waals surface area contributed by atoms with E-state index in [2.05, 4.69) is 12.2 Å². The van der Waals surface area contributed by atoms with Gasteiger partial charge in [0.15, 0.2) is 0 Å². The molecule has 4 heteroatoms. The quantitative estimate of drug-likeness (QED) is 0.717. The Balaban J connectivity index is 1.49. The molecule has 0 radical (unpaired) electrons. The monoisotopic (exact) mass is 285 g/mol. The highest BCUT2D eigenvalue weighted by Crippen LogP contribution is 2.26. The summed E-state index contributed by atoms with van der Waals surface area (Å²) in [5.74, 6) is 0.773. The standard InChI is InChI=1S/C16H31NO3/c1-3-19-16-8-13(9-16)17-10-14(18)11-20-15-6-4-5-12(2)7-15/h12-18H,3-11H2,1-2H3. The molecule has 0 amide bonds. The first-order valence-corrected chi connectivity index (χ1v) is 8.32. The van der Waals surface area contributed by atoms with E-state index in [9.17, 15) is 5.11 Å². The van der Waals surface area contributed by atoms with Gasteiger partial charge in [-0.1, -0.05) is 19.8 Å². The van der Waals surface area contributed by atoms with Crippen molar-refractivity contribution < 1.29 is 14.6 Å². The molecule has 118 valence electrons. The number of aliphatic hydroxyl groups excluding tert-OH is 1. The fourth-order valence-corrected chi connectivity index (χ4v) is 3.24. The summed E-state index contributed by atoms with van der Waals surface area (Å²) >= 11 is 0. The Kier molecular flexibility index (Phi) is 6.75. The van der Waals surface area contributed by atoms with E-state index in [4.69, 9.17) is 9.47 Å². The van der Waals surface area contributed by atoms with Crippen LogP contribution in [0, 0.1) is 5.92 Å². The SMILES string of the molecule is CCOC1CC(NCC(O)COC2CCCC(C)C2)C1. The summed E-state index contributed by atoms with van der Waals surface area (Å²) in [5, 5.41) is 13.4. The van der Waals surface area contributed by atoms with E-state index in [-0.39, 0.29) is 0 Å². The summed E-state index contributed by atoms with van der Waals surface area (Å²) in [6, 6.07) is 0.510. The van der Waals surface area contributed by atoms with Crippen LogP contribution >= 0.6 is 0 Å². The number of hydrogen-bond acceptors (Lipinski definition) is 4. The molecule has 2 fully saturated rings. The highest BCUT2D eigenvalue weighted by Gasteiger charge is 2.29. The number of aliphatic hydroxyl groups is 1. The van der Waals surface area contributed by atoms with E-state index in [0.29, 0.717) is 31.4 Å². The number of hydrogen-bond donors (Lipinski definition) is 2. The van der Waals surface area contributed by atoms with Gasteiger partial charge < -0.3 is 19.9 Å². The van der Waals surface area contributed by atoms with Gasteiger partial charge in [-0.2, -0.15) is 0 Å². The third-order valence-electron chi connectivity index (χ3n) is 4.55. The molecule has 0 aliphatic heterocycles. The van der Waals surface area contributed by atoms with Crippen LogP contribution in [-0.4, -0.2) is 49.2 Å². The van der Waals surface area contributed by atoms with E-state index >= 15 is 0 Å². The zero-order valence-corrected chi connectivity index (χ0v) is 13.0. The van der Waals surface area contributed by atoms with Gasteiger partial charge in [-0.15, -0.1) is 0 Å². The van der Waals surface area contributed by atoms with Gasteiger partial charge in [-0.25, -0.2) is 0 Å². The Morgan fingerprint density at radius 2 is 1.95 bits per heavy atom. The second-order valence-corrected chi connectivity index (χ2v) is 6.53. The minimum Gasteiger partial charge on any atom is -0.389 e. The average Bonchev–Trinajstić information content (AvgIpc) is 2.39. The van der Waals surface area contributed by atoms with Crippen molar-refractivity contribution in [3.05, 3.63) is 0 Å². The largest absolute Gasteiger partial charge is 0.389 e. The molecule has 2 N–H and O–H groups in total. The fraction of sp³-hybridized carbons (Fsp3) is 1.00. The van der Waals surface area contributed by atoms with E-state index in [1.165, 1.54) is 12.8 Å². The number of nitrogens with one attached hydrogen (secondary N) is 1. The maximum Gasteiger partial charge on any atom is 0.0897 e. The third-order valence-corrected chi connectivity index (χ3v) is 4.55. The van der Waals surface area contributed by atoms with Crippen LogP contribution in [0.3, 0.4) is 0 Å². The molecule has 0 bridgehead atoms. The Morgan fingerprint density at radius 3 is 2.65 bits per heavy atom. The van der Waals surface area contributed by atoms with Crippen LogP contribution < -0.4 is 5.32 Å². The normalized spacial score (nSPS) is 35.5. The molecular formula is C16H31NO3. The molecule has 0 spiro atoms. The Bertz CT molecular complexity index is 268. The first kappa shape index (κ1) is 16.2. The zero-order valence-electron chi connectivity index (χ0n) is 13.0. The molecule has 0 aromatic heterocycles. The molecule has 3 unspecified atom stereocenters. The molecule has 3 atom stereocenters. The van der Waals surface area contributed by atoms with Gasteiger partial charge >= 0.3 is 0 Å². The summed E-state index contributed by atoms with van der Waals surface area (Å²) in [7, 11) is 0. The second-order valence-electron chi connectivity index (χ2n) is 6.53. The average molecular weight is 285 g/mol. The smallest absolute Gasteiger partial charge is 0.0897 e. The molecule has 2 saturated carbocycles. The fourth-order valence-electron chi connectivity index (χ4n) is 3.24. The lowest BCUT2D eigenvalue weighted by Gasteiger charge is -2.36. The summed E-state index contributed by atoms with van der Waals surface area (Å²) in [4.78, 5) is 0. The van der Waals surface area contributed by atoms with Crippen LogP contribution in [0.15, 0.2) is 0 Å². The molecule has 2 rings (SSSR count). The van der Waals surface area contributed by atoms with Crippen molar-refractivity contribution in [3.63, 3.8) is 0 Å². The number of ether oxygens (including phenoxy) is 2. The Morgan fingerprint density at radius 1 is 1.15 bits per heavy atom. The summed E-state index contributed by atoms with van der Waals surface area (Å²) < 4.78 is 11.4. The highest BCUT2D eigenvalue weighted by molar-refractivity contribution is 4.86. The van der Waals surface area contributed by atoms with Crippen molar-refractivity contribution >= 4 is 0 Å². The molecule has 0 aromatic carbocycles. The van der Waals surface area contributed by atoms with Crippen molar-refractivity contribution in [1.82, 2.24) is 5.32 Å². The van der Waals surface area contributed by atoms with E-state index in [1.807, 2.05) is 6.92 Å². The van der Waals surface area contributed by atoms with Crippen LogP contribution in [0.25, 0.3) is 0 Å². The van der Waals surface area contributed by atoms with E-state index < -0.39 is 6.10 Å². The molecule has 2 aliphatic rings. The highest BCUT2D eigenvalue weighted by atomic mass is 16.5. The Hall–Kier alpha value is -0.160. The van der Waals surface area contributed by atoms with Gasteiger partial charge in [-0.3, -0.25) is 0 Å². The number of rotatable bonds is 8. The van der Waals surface area contributed by atoms with E-state index in [0.717, 1.165) is 38.2 Å². The third kappa shape index (κ3) is 5.32. The van der Waals surface area contributed by atoms with Gasteiger partial charge in [0.1, 0.15) is 0 Å².